The van der Waals surface area contributed by atoms with Crippen molar-refractivity contribution < 1.29 is 5.11 Å². The Kier molecular flexibility index (Phi) is 3.61. The van der Waals surface area contributed by atoms with Gasteiger partial charge in [-0.2, -0.15) is 5.21 Å². The molecule has 0 saturated carbocycles. The van der Waals surface area contributed by atoms with Gasteiger partial charge in [-0.1, -0.05) is 24.3 Å². The summed E-state index contributed by atoms with van der Waals surface area (Å²) in [5, 5.41) is 24.0. The second-order valence-electron chi connectivity index (χ2n) is 4.71. The van der Waals surface area contributed by atoms with Gasteiger partial charge in [0.15, 0.2) is 0 Å². The Hall–Kier alpha value is -2.73. The molecule has 6 nitrogen and oxygen atoms in total. The van der Waals surface area contributed by atoms with Crippen LogP contribution < -0.4 is 5.73 Å². The van der Waals surface area contributed by atoms with Crippen molar-refractivity contribution in [1.29, 1.82) is 0 Å². The van der Waals surface area contributed by atoms with E-state index in [-0.39, 0.29) is 5.75 Å². The molecular weight excluding hydrogens is 266 g/mol. The van der Waals surface area contributed by atoms with Gasteiger partial charge in [-0.3, -0.25) is 0 Å². The second kappa shape index (κ2) is 5.72. The number of tetrazole rings is 1. The monoisotopic (exact) mass is 281 g/mol. The largest absolute Gasteiger partial charge is 0.507 e. The lowest BCUT2D eigenvalue weighted by Gasteiger charge is -2.08. The number of benzene rings is 2. The van der Waals surface area contributed by atoms with E-state index >= 15 is 0 Å². The fourth-order valence-corrected chi connectivity index (χ4v) is 2.25. The molecule has 0 atom stereocenters. The number of phenols is 1. The maximum absolute atomic E-state index is 10.1. The van der Waals surface area contributed by atoms with Crippen LogP contribution in [0.1, 0.15) is 5.56 Å². The number of hydrogen-bond acceptors (Lipinski definition) is 5. The number of aromatic hydroxyl groups is 1. The van der Waals surface area contributed by atoms with Crippen LogP contribution in [0.5, 0.6) is 5.75 Å². The first kappa shape index (κ1) is 13.3. The zero-order valence-corrected chi connectivity index (χ0v) is 11.3. The molecule has 1 aromatic heterocycles. The number of hydrogen-bond donors (Lipinski definition) is 3. The number of H-pyrrole nitrogens is 1. The maximum atomic E-state index is 10.1. The van der Waals surface area contributed by atoms with Crippen LogP contribution in [0.2, 0.25) is 0 Å². The van der Waals surface area contributed by atoms with E-state index in [2.05, 4.69) is 20.6 Å². The normalized spacial score (nSPS) is 10.7. The Balaban J connectivity index is 2.05. The molecule has 2 aromatic carbocycles. The van der Waals surface area contributed by atoms with Crippen molar-refractivity contribution in [3.05, 3.63) is 48.0 Å². The molecule has 0 saturated heterocycles. The molecule has 4 N–H and O–H groups in total. The van der Waals surface area contributed by atoms with Crippen LogP contribution in [-0.4, -0.2) is 32.3 Å². The highest BCUT2D eigenvalue weighted by Crippen LogP contribution is 2.32. The van der Waals surface area contributed by atoms with Gasteiger partial charge in [0.25, 0.3) is 0 Å². The smallest absolute Gasteiger partial charge is 0.204 e. The molecule has 106 valence electrons. The molecule has 1 heterocycles. The van der Waals surface area contributed by atoms with Gasteiger partial charge in [0.2, 0.25) is 5.82 Å². The summed E-state index contributed by atoms with van der Waals surface area (Å²) in [5.74, 6) is 0.710. The molecule has 0 radical (unpaired) electrons. The summed E-state index contributed by atoms with van der Waals surface area (Å²) >= 11 is 0. The SMILES string of the molecule is NCCc1cccc(-c2cc(-c3nn[nH]n3)ccc2O)c1. The Morgan fingerprint density at radius 2 is 2.00 bits per heavy atom. The van der Waals surface area contributed by atoms with Crippen LogP contribution in [0, 0.1) is 0 Å². The van der Waals surface area contributed by atoms with Crippen LogP contribution in [0.25, 0.3) is 22.5 Å². The minimum absolute atomic E-state index is 0.215. The maximum Gasteiger partial charge on any atom is 0.204 e. The molecule has 0 bridgehead atoms. The van der Waals surface area contributed by atoms with Gasteiger partial charge in [0.05, 0.1) is 0 Å². The van der Waals surface area contributed by atoms with E-state index in [0.717, 1.165) is 28.7 Å². The zero-order chi connectivity index (χ0) is 14.7. The summed E-state index contributed by atoms with van der Waals surface area (Å²) in [7, 11) is 0. The second-order valence-corrected chi connectivity index (χ2v) is 4.71. The fraction of sp³-hybridized carbons (Fsp3) is 0.133. The van der Waals surface area contributed by atoms with E-state index in [0.29, 0.717) is 12.4 Å². The summed E-state index contributed by atoms with van der Waals surface area (Å²) in [6.45, 7) is 0.596. The third kappa shape index (κ3) is 2.75. The molecule has 6 heteroatoms. The fourth-order valence-electron chi connectivity index (χ4n) is 2.25. The van der Waals surface area contributed by atoms with Crippen molar-refractivity contribution in [2.24, 2.45) is 5.73 Å². The highest BCUT2D eigenvalue weighted by Gasteiger charge is 2.10. The Morgan fingerprint density at radius 3 is 2.76 bits per heavy atom. The summed E-state index contributed by atoms with van der Waals surface area (Å²) in [6.07, 6.45) is 0.805. The highest BCUT2D eigenvalue weighted by molar-refractivity contribution is 5.75. The van der Waals surface area contributed by atoms with Crippen LogP contribution in [0.3, 0.4) is 0 Å². The number of rotatable bonds is 4. The molecule has 0 aliphatic carbocycles. The van der Waals surface area contributed by atoms with Crippen molar-refractivity contribution in [2.45, 2.75) is 6.42 Å². The molecular formula is C15H15N5O. The van der Waals surface area contributed by atoms with Gasteiger partial charge in [0, 0.05) is 11.1 Å². The first-order chi connectivity index (χ1) is 10.3. The third-order valence-electron chi connectivity index (χ3n) is 3.27. The molecule has 0 amide bonds. The number of aromatic nitrogens is 4. The minimum Gasteiger partial charge on any atom is -0.507 e. The summed E-state index contributed by atoms with van der Waals surface area (Å²) in [6, 6.07) is 13.2. The highest BCUT2D eigenvalue weighted by atomic mass is 16.3. The predicted molar refractivity (Wildman–Crippen MR) is 79.5 cm³/mol. The number of nitrogens with one attached hydrogen (secondary N) is 1. The van der Waals surface area contributed by atoms with Crippen molar-refractivity contribution in [3.63, 3.8) is 0 Å². The average Bonchev–Trinajstić information content (AvgIpc) is 3.03. The van der Waals surface area contributed by atoms with Crippen molar-refractivity contribution >= 4 is 0 Å². The van der Waals surface area contributed by atoms with Gasteiger partial charge in [-0.05, 0) is 47.5 Å². The van der Waals surface area contributed by atoms with Crippen molar-refractivity contribution in [2.75, 3.05) is 6.54 Å². The van der Waals surface area contributed by atoms with Gasteiger partial charge >= 0.3 is 0 Å². The number of phenolic OH excluding ortho intramolecular Hbond substituents is 1. The van der Waals surface area contributed by atoms with Crippen molar-refractivity contribution in [1.82, 2.24) is 20.6 Å². The van der Waals surface area contributed by atoms with Gasteiger partial charge in [-0.25, -0.2) is 0 Å². The molecule has 21 heavy (non-hydrogen) atoms. The van der Waals surface area contributed by atoms with Crippen LogP contribution >= 0.6 is 0 Å². The lowest BCUT2D eigenvalue weighted by molar-refractivity contribution is 0.477. The molecule has 3 rings (SSSR count). The van der Waals surface area contributed by atoms with E-state index in [1.54, 1.807) is 12.1 Å². The zero-order valence-electron chi connectivity index (χ0n) is 11.3. The van der Waals surface area contributed by atoms with Gasteiger partial charge < -0.3 is 10.8 Å². The van der Waals surface area contributed by atoms with E-state index in [1.807, 2.05) is 30.3 Å². The van der Waals surface area contributed by atoms with Crippen molar-refractivity contribution in [3.8, 4) is 28.3 Å². The number of nitrogens with zero attached hydrogens (tertiary/aromatic N) is 3. The Morgan fingerprint density at radius 1 is 1.10 bits per heavy atom. The molecule has 0 unspecified atom stereocenters. The summed E-state index contributed by atoms with van der Waals surface area (Å²) < 4.78 is 0. The van der Waals surface area contributed by atoms with E-state index < -0.39 is 0 Å². The quantitative estimate of drug-likeness (QED) is 0.676. The lowest BCUT2D eigenvalue weighted by Crippen LogP contribution is -2.02. The van der Waals surface area contributed by atoms with Gasteiger partial charge in [0.1, 0.15) is 5.75 Å². The molecule has 0 spiro atoms. The van der Waals surface area contributed by atoms with E-state index in [9.17, 15) is 5.11 Å². The lowest BCUT2D eigenvalue weighted by atomic mass is 9.99. The van der Waals surface area contributed by atoms with E-state index in [4.69, 9.17) is 5.73 Å². The van der Waals surface area contributed by atoms with Crippen LogP contribution in [0.15, 0.2) is 42.5 Å². The molecule has 0 aliphatic rings. The summed E-state index contributed by atoms with van der Waals surface area (Å²) in [5.41, 5.74) is 9.19. The minimum atomic E-state index is 0.215. The van der Waals surface area contributed by atoms with E-state index in [1.165, 1.54) is 0 Å². The third-order valence-corrected chi connectivity index (χ3v) is 3.27. The Labute approximate surface area is 121 Å². The molecule has 0 aliphatic heterocycles. The molecule has 0 fully saturated rings. The first-order valence-corrected chi connectivity index (χ1v) is 6.64. The Bertz CT molecular complexity index is 740. The topological polar surface area (TPSA) is 101 Å². The van der Waals surface area contributed by atoms with Crippen LogP contribution in [0.4, 0.5) is 0 Å². The molecule has 3 aromatic rings. The summed E-state index contributed by atoms with van der Waals surface area (Å²) in [4.78, 5) is 0. The number of aromatic amines is 1. The first-order valence-electron chi connectivity index (χ1n) is 6.64. The number of nitrogens with two attached hydrogens (primary N) is 1. The van der Waals surface area contributed by atoms with Crippen LogP contribution in [-0.2, 0) is 6.42 Å². The standard InChI is InChI=1S/C15H15N5O/c16-7-6-10-2-1-3-11(8-10)13-9-12(4-5-14(13)21)15-17-19-20-18-15/h1-5,8-9,21H,6-7,16H2,(H,17,18,19,20). The average molecular weight is 281 g/mol. The predicted octanol–water partition coefficient (Wildman–Crippen LogP) is 1.74. The van der Waals surface area contributed by atoms with Gasteiger partial charge in [-0.15, -0.1) is 10.2 Å².